The van der Waals surface area contributed by atoms with E-state index in [1.807, 2.05) is 23.1 Å². The summed E-state index contributed by atoms with van der Waals surface area (Å²) in [4.78, 5) is 3.66. The third-order valence-electron chi connectivity index (χ3n) is 2.27. The van der Waals surface area contributed by atoms with Crippen molar-refractivity contribution in [2.24, 2.45) is 5.73 Å². The van der Waals surface area contributed by atoms with Crippen LogP contribution in [-0.2, 0) is 0 Å². The van der Waals surface area contributed by atoms with Crippen LogP contribution in [0.4, 0.5) is 0 Å². The molecule has 4 heteroatoms. The molecule has 0 saturated carbocycles. The molecule has 15 heavy (non-hydrogen) atoms. The van der Waals surface area contributed by atoms with E-state index < -0.39 is 0 Å². The van der Waals surface area contributed by atoms with Gasteiger partial charge in [0.2, 0.25) is 0 Å². The minimum atomic E-state index is 0.477. The van der Waals surface area contributed by atoms with Crippen LogP contribution in [0.1, 0.15) is 15.7 Å². The van der Waals surface area contributed by atoms with Crippen LogP contribution in [0.25, 0.3) is 0 Å². The summed E-state index contributed by atoms with van der Waals surface area (Å²) in [6.07, 6.45) is 0. The second kappa shape index (κ2) is 6.53. The first-order valence-electron chi connectivity index (χ1n) is 5.15. The Balaban J connectivity index is 2.46. The number of hydrogen-bond acceptors (Lipinski definition) is 4. The van der Waals surface area contributed by atoms with Gasteiger partial charge in [-0.3, -0.25) is 0 Å². The second-order valence-corrected chi connectivity index (χ2v) is 6.12. The molecule has 0 fully saturated rings. The predicted molar refractivity (Wildman–Crippen MR) is 71.9 cm³/mol. The van der Waals surface area contributed by atoms with Crippen LogP contribution in [0.3, 0.4) is 0 Å². The summed E-state index contributed by atoms with van der Waals surface area (Å²) in [5.74, 6) is 1.15. The molecule has 0 amide bonds. The second-order valence-electron chi connectivity index (χ2n) is 3.87. The largest absolute Gasteiger partial charge is 0.329 e. The van der Waals surface area contributed by atoms with E-state index in [-0.39, 0.29) is 0 Å². The minimum absolute atomic E-state index is 0.477. The molecular formula is C11H20N2S2. The molecule has 0 radical (unpaired) electrons. The van der Waals surface area contributed by atoms with Crippen molar-refractivity contribution in [3.63, 3.8) is 0 Å². The molecule has 1 rings (SSSR count). The van der Waals surface area contributed by atoms with Gasteiger partial charge in [0.1, 0.15) is 0 Å². The van der Waals surface area contributed by atoms with Crippen molar-refractivity contribution < 1.29 is 0 Å². The summed E-state index contributed by atoms with van der Waals surface area (Å²) in [5.41, 5.74) is 7.20. The lowest BCUT2D eigenvalue weighted by atomic mass is 10.2. The molecule has 1 aromatic rings. The third-order valence-corrected chi connectivity index (χ3v) is 4.80. The van der Waals surface area contributed by atoms with Gasteiger partial charge in [0.05, 0.1) is 5.25 Å². The SMILES string of the molecule is Cc1ccsc1C(CN)SCCN(C)C. The molecule has 0 aliphatic rings. The van der Waals surface area contributed by atoms with E-state index in [2.05, 4.69) is 37.4 Å². The van der Waals surface area contributed by atoms with Gasteiger partial charge in [0.25, 0.3) is 0 Å². The molecule has 2 nitrogen and oxygen atoms in total. The average molecular weight is 244 g/mol. The smallest absolute Gasteiger partial charge is 0.0516 e. The summed E-state index contributed by atoms with van der Waals surface area (Å²) >= 11 is 3.79. The van der Waals surface area contributed by atoms with Crippen molar-refractivity contribution in [1.29, 1.82) is 0 Å². The molecule has 0 saturated heterocycles. The highest BCUT2D eigenvalue weighted by Crippen LogP contribution is 2.33. The summed E-state index contributed by atoms with van der Waals surface area (Å²) < 4.78 is 0. The van der Waals surface area contributed by atoms with Crippen molar-refractivity contribution in [1.82, 2.24) is 4.90 Å². The molecule has 0 aliphatic carbocycles. The standard InChI is InChI=1S/C11H20N2S2/c1-9-4-6-15-11(9)10(8-12)14-7-5-13(2)3/h4,6,10H,5,7-8,12H2,1-3H3. The minimum Gasteiger partial charge on any atom is -0.329 e. The highest BCUT2D eigenvalue weighted by molar-refractivity contribution is 7.99. The van der Waals surface area contributed by atoms with Crippen molar-refractivity contribution in [3.05, 3.63) is 21.9 Å². The first-order chi connectivity index (χ1) is 7.15. The van der Waals surface area contributed by atoms with Gasteiger partial charge < -0.3 is 10.6 Å². The fourth-order valence-electron chi connectivity index (χ4n) is 1.34. The Morgan fingerprint density at radius 2 is 2.27 bits per heavy atom. The number of thiophene rings is 1. The number of thioether (sulfide) groups is 1. The van der Waals surface area contributed by atoms with Crippen LogP contribution in [0.2, 0.25) is 0 Å². The highest BCUT2D eigenvalue weighted by Gasteiger charge is 2.13. The predicted octanol–water partition coefficient (Wildman–Crippen LogP) is 2.35. The summed E-state index contributed by atoms with van der Waals surface area (Å²) in [7, 11) is 4.21. The average Bonchev–Trinajstić information content (AvgIpc) is 2.59. The van der Waals surface area contributed by atoms with E-state index >= 15 is 0 Å². The fraction of sp³-hybridized carbons (Fsp3) is 0.636. The maximum Gasteiger partial charge on any atom is 0.0516 e. The van der Waals surface area contributed by atoms with Gasteiger partial charge in [0.15, 0.2) is 0 Å². The first-order valence-corrected chi connectivity index (χ1v) is 7.08. The Labute approximate surface area is 101 Å². The molecule has 0 spiro atoms. The Morgan fingerprint density at radius 1 is 1.53 bits per heavy atom. The van der Waals surface area contributed by atoms with Gasteiger partial charge >= 0.3 is 0 Å². The van der Waals surface area contributed by atoms with Crippen molar-refractivity contribution >= 4 is 23.1 Å². The molecule has 0 aliphatic heterocycles. The number of nitrogens with zero attached hydrogens (tertiary/aromatic N) is 1. The molecule has 1 atom stereocenters. The number of nitrogens with two attached hydrogens (primary N) is 1. The maximum atomic E-state index is 5.82. The van der Waals surface area contributed by atoms with E-state index in [4.69, 9.17) is 5.73 Å². The van der Waals surface area contributed by atoms with Crippen LogP contribution >= 0.6 is 23.1 Å². The Kier molecular flexibility index (Phi) is 5.68. The number of aryl methyl sites for hydroxylation is 1. The summed E-state index contributed by atoms with van der Waals surface area (Å²) in [6, 6.07) is 2.18. The summed E-state index contributed by atoms with van der Waals surface area (Å²) in [6.45, 7) is 4.02. The lowest BCUT2D eigenvalue weighted by Gasteiger charge is -2.16. The lowest BCUT2D eigenvalue weighted by molar-refractivity contribution is 0.437. The molecule has 2 N–H and O–H groups in total. The maximum absolute atomic E-state index is 5.82. The van der Waals surface area contributed by atoms with E-state index in [9.17, 15) is 0 Å². The molecule has 0 bridgehead atoms. The van der Waals surface area contributed by atoms with Gasteiger partial charge in [-0.25, -0.2) is 0 Å². The zero-order valence-electron chi connectivity index (χ0n) is 9.69. The summed E-state index contributed by atoms with van der Waals surface area (Å²) in [5, 5.41) is 2.63. The van der Waals surface area contributed by atoms with Gasteiger partial charge in [-0.2, -0.15) is 11.8 Å². The molecule has 86 valence electrons. The van der Waals surface area contributed by atoms with Crippen molar-refractivity contribution in [2.75, 3.05) is 32.9 Å². The first kappa shape index (κ1) is 13.0. The van der Waals surface area contributed by atoms with Crippen LogP contribution < -0.4 is 5.73 Å². The highest BCUT2D eigenvalue weighted by atomic mass is 32.2. The van der Waals surface area contributed by atoms with Gasteiger partial charge in [-0.05, 0) is 38.0 Å². The zero-order chi connectivity index (χ0) is 11.3. The van der Waals surface area contributed by atoms with E-state index in [1.54, 1.807) is 0 Å². The molecule has 1 unspecified atom stereocenters. The molecule has 0 aromatic carbocycles. The fourth-order valence-corrected chi connectivity index (χ4v) is 3.86. The van der Waals surface area contributed by atoms with Crippen LogP contribution in [0.15, 0.2) is 11.4 Å². The van der Waals surface area contributed by atoms with Gasteiger partial charge in [0, 0.05) is 23.7 Å². The van der Waals surface area contributed by atoms with Gasteiger partial charge in [-0.1, -0.05) is 0 Å². The van der Waals surface area contributed by atoms with Crippen LogP contribution in [-0.4, -0.2) is 37.8 Å². The van der Waals surface area contributed by atoms with E-state index in [0.717, 1.165) is 18.8 Å². The van der Waals surface area contributed by atoms with Crippen LogP contribution in [0, 0.1) is 6.92 Å². The third kappa shape index (κ3) is 4.15. The van der Waals surface area contributed by atoms with Crippen molar-refractivity contribution in [2.45, 2.75) is 12.2 Å². The molecule has 1 aromatic heterocycles. The lowest BCUT2D eigenvalue weighted by Crippen LogP contribution is -2.17. The van der Waals surface area contributed by atoms with Crippen molar-refractivity contribution in [3.8, 4) is 0 Å². The Hall–Kier alpha value is -0.0300. The Bertz CT molecular complexity index is 284. The zero-order valence-corrected chi connectivity index (χ0v) is 11.3. The molecular weight excluding hydrogens is 224 g/mol. The number of hydrogen-bond donors (Lipinski definition) is 1. The van der Waals surface area contributed by atoms with E-state index in [0.29, 0.717) is 5.25 Å². The quantitative estimate of drug-likeness (QED) is 0.833. The normalized spacial score (nSPS) is 13.4. The number of rotatable bonds is 6. The topological polar surface area (TPSA) is 29.3 Å². The molecule has 1 heterocycles. The van der Waals surface area contributed by atoms with Gasteiger partial charge in [-0.15, -0.1) is 11.3 Å². The van der Waals surface area contributed by atoms with E-state index in [1.165, 1.54) is 10.4 Å². The Morgan fingerprint density at radius 3 is 2.73 bits per heavy atom. The van der Waals surface area contributed by atoms with Crippen LogP contribution in [0.5, 0.6) is 0 Å². The monoisotopic (exact) mass is 244 g/mol.